The van der Waals surface area contributed by atoms with Crippen molar-refractivity contribution in [2.24, 2.45) is 29.1 Å². The van der Waals surface area contributed by atoms with Crippen LogP contribution in [0.5, 0.6) is 0 Å². The molecule has 0 bridgehead atoms. The van der Waals surface area contributed by atoms with E-state index in [1.165, 1.54) is 5.57 Å². The number of amides is 1. The van der Waals surface area contributed by atoms with Gasteiger partial charge in [0.1, 0.15) is 0 Å². The molecule has 1 saturated heterocycles. The fourth-order valence-electron chi connectivity index (χ4n) is 6.36. The highest BCUT2D eigenvalue weighted by Crippen LogP contribution is 2.57. The standard InChI is InChI=1S/C22H35NO3.C4H10.2C2H6/c1-14(24)12-16-13-17(26-5)8-10-21(16,3)18-9-11-22(4)19(15(18)2)6-7-20(25)23-22;1-4(2)3;2*1-2/h12,15,17-19H,6-11,13H2,1-5H3,(H,23,25);4H,1-3H3;2*1-2H3/b16-12-;;;/t15?,17?,18-,19-,21?,22?;;;/m0.../s1. The van der Waals surface area contributed by atoms with E-state index >= 15 is 0 Å². The van der Waals surface area contributed by atoms with Crippen molar-refractivity contribution >= 4 is 11.7 Å². The van der Waals surface area contributed by atoms with Crippen LogP contribution in [-0.2, 0) is 14.3 Å². The van der Waals surface area contributed by atoms with Gasteiger partial charge in [-0.1, -0.05) is 67.9 Å². The summed E-state index contributed by atoms with van der Waals surface area (Å²) >= 11 is 0. The topological polar surface area (TPSA) is 55.4 Å². The molecule has 4 heteroatoms. The minimum Gasteiger partial charge on any atom is -0.381 e. The SMILES string of the molecule is CC.CC.CC(C)C.COC1CCC(C)([C@H]2CCC3(C)NC(=O)CC[C@H]3C2C)/C(=C\C(C)=O)C1. The van der Waals surface area contributed by atoms with Crippen molar-refractivity contribution in [1.29, 1.82) is 0 Å². The molecule has 1 amide bonds. The Labute approximate surface area is 212 Å². The van der Waals surface area contributed by atoms with E-state index in [-0.39, 0.29) is 28.7 Å². The molecule has 1 aliphatic heterocycles. The van der Waals surface area contributed by atoms with E-state index in [0.29, 0.717) is 24.2 Å². The Hall–Kier alpha value is -1.16. The van der Waals surface area contributed by atoms with Gasteiger partial charge < -0.3 is 10.1 Å². The van der Waals surface area contributed by atoms with Crippen LogP contribution in [0.15, 0.2) is 11.6 Å². The second-order valence-electron chi connectivity index (χ2n) is 11.1. The molecule has 4 unspecified atom stereocenters. The van der Waals surface area contributed by atoms with Crippen LogP contribution in [0.3, 0.4) is 0 Å². The fourth-order valence-corrected chi connectivity index (χ4v) is 6.36. The molecule has 1 heterocycles. The number of carbonyl (C=O) groups excluding carboxylic acids is 2. The number of methoxy groups -OCH3 is 1. The molecule has 3 aliphatic rings. The van der Waals surface area contributed by atoms with E-state index in [0.717, 1.165) is 44.4 Å². The lowest BCUT2D eigenvalue weighted by Gasteiger charge is -2.57. The molecule has 0 aromatic heterocycles. The van der Waals surface area contributed by atoms with Gasteiger partial charge in [0.2, 0.25) is 5.91 Å². The maximum atomic E-state index is 11.9. The Morgan fingerprint density at radius 3 is 2.09 bits per heavy atom. The van der Waals surface area contributed by atoms with Crippen LogP contribution in [0.2, 0.25) is 0 Å². The Bertz CT molecular complexity index is 653. The number of hydrogen-bond donors (Lipinski definition) is 1. The summed E-state index contributed by atoms with van der Waals surface area (Å²) in [7, 11) is 1.78. The average Bonchev–Trinajstić information content (AvgIpc) is 2.77. The minimum atomic E-state index is -0.0597. The molecular formula is C30H57NO3. The highest BCUT2D eigenvalue weighted by molar-refractivity contribution is 5.88. The Morgan fingerprint density at radius 2 is 1.59 bits per heavy atom. The second kappa shape index (κ2) is 15.1. The van der Waals surface area contributed by atoms with Gasteiger partial charge in [0.25, 0.3) is 0 Å². The summed E-state index contributed by atoms with van der Waals surface area (Å²) in [6.07, 6.45) is 8.90. The van der Waals surface area contributed by atoms with Crippen LogP contribution in [0, 0.1) is 29.1 Å². The predicted octanol–water partition coefficient (Wildman–Crippen LogP) is 7.75. The molecule has 34 heavy (non-hydrogen) atoms. The first-order chi connectivity index (χ1) is 15.9. The van der Waals surface area contributed by atoms with Crippen LogP contribution in [0.1, 0.15) is 121 Å². The van der Waals surface area contributed by atoms with Crippen molar-refractivity contribution in [3.63, 3.8) is 0 Å². The zero-order valence-electron chi connectivity index (χ0n) is 24.6. The largest absolute Gasteiger partial charge is 0.381 e. The molecule has 3 rings (SSSR count). The number of allylic oxidation sites excluding steroid dienone is 1. The summed E-state index contributed by atoms with van der Waals surface area (Å²) in [5.41, 5.74) is 1.28. The lowest BCUT2D eigenvalue weighted by Crippen LogP contribution is -2.61. The van der Waals surface area contributed by atoms with E-state index in [4.69, 9.17) is 4.74 Å². The monoisotopic (exact) mass is 479 g/mol. The van der Waals surface area contributed by atoms with Crippen molar-refractivity contribution in [3.05, 3.63) is 11.6 Å². The highest BCUT2D eigenvalue weighted by Gasteiger charge is 2.53. The van der Waals surface area contributed by atoms with Gasteiger partial charge in [0.05, 0.1) is 6.10 Å². The van der Waals surface area contributed by atoms with Gasteiger partial charge in [0, 0.05) is 19.1 Å². The van der Waals surface area contributed by atoms with Crippen molar-refractivity contribution in [3.8, 4) is 0 Å². The van der Waals surface area contributed by atoms with E-state index in [1.807, 2.05) is 33.8 Å². The van der Waals surface area contributed by atoms with Crippen LogP contribution in [-0.4, -0.2) is 30.4 Å². The zero-order valence-corrected chi connectivity index (χ0v) is 24.6. The lowest BCUT2D eigenvalue weighted by atomic mass is 9.51. The molecule has 2 saturated carbocycles. The Balaban J connectivity index is 0.00000121. The average molecular weight is 480 g/mol. The van der Waals surface area contributed by atoms with Crippen LogP contribution in [0.25, 0.3) is 0 Å². The van der Waals surface area contributed by atoms with Gasteiger partial charge in [-0.15, -0.1) is 0 Å². The molecule has 0 spiro atoms. The molecule has 0 radical (unpaired) electrons. The Morgan fingerprint density at radius 1 is 1.03 bits per heavy atom. The highest BCUT2D eigenvalue weighted by atomic mass is 16.5. The summed E-state index contributed by atoms with van der Waals surface area (Å²) in [4.78, 5) is 23.9. The van der Waals surface area contributed by atoms with Crippen LogP contribution in [0.4, 0.5) is 0 Å². The van der Waals surface area contributed by atoms with E-state index in [2.05, 4.69) is 46.9 Å². The number of nitrogens with one attached hydrogen (secondary N) is 1. The van der Waals surface area contributed by atoms with Crippen molar-refractivity contribution in [2.45, 2.75) is 133 Å². The summed E-state index contributed by atoms with van der Waals surface area (Å²) in [5.74, 6) is 2.79. The lowest BCUT2D eigenvalue weighted by molar-refractivity contribution is -0.130. The minimum absolute atomic E-state index is 0.0584. The normalized spacial score (nSPS) is 35.9. The van der Waals surface area contributed by atoms with Gasteiger partial charge >= 0.3 is 0 Å². The zero-order chi connectivity index (χ0) is 26.7. The first kappa shape index (κ1) is 32.8. The Kier molecular flexibility index (Phi) is 14.5. The molecule has 0 aromatic rings. The third kappa shape index (κ3) is 8.50. The summed E-state index contributed by atoms with van der Waals surface area (Å²) in [6, 6.07) is 0. The molecular weight excluding hydrogens is 422 g/mol. The third-order valence-corrected chi connectivity index (χ3v) is 7.87. The summed E-state index contributed by atoms with van der Waals surface area (Å²) in [6.45, 7) is 23.1. The smallest absolute Gasteiger partial charge is 0.220 e. The second-order valence-corrected chi connectivity index (χ2v) is 11.1. The van der Waals surface area contributed by atoms with Crippen LogP contribution < -0.4 is 5.32 Å². The van der Waals surface area contributed by atoms with Gasteiger partial charge in [-0.2, -0.15) is 0 Å². The van der Waals surface area contributed by atoms with Crippen molar-refractivity contribution in [2.75, 3.05) is 7.11 Å². The summed E-state index contributed by atoms with van der Waals surface area (Å²) < 4.78 is 5.62. The quantitative estimate of drug-likeness (QED) is 0.421. The molecule has 6 atom stereocenters. The number of fused-ring (bicyclic) bond motifs is 1. The van der Waals surface area contributed by atoms with Gasteiger partial charge in [-0.3, -0.25) is 9.59 Å². The van der Waals surface area contributed by atoms with E-state index < -0.39 is 0 Å². The van der Waals surface area contributed by atoms with Crippen molar-refractivity contribution < 1.29 is 14.3 Å². The molecule has 1 N–H and O–H groups in total. The number of ketones is 1. The van der Waals surface area contributed by atoms with E-state index in [9.17, 15) is 9.59 Å². The van der Waals surface area contributed by atoms with Gasteiger partial charge in [-0.05, 0) is 87.5 Å². The predicted molar refractivity (Wildman–Crippen MR) is 146 cm³/mol. The van der Waals surface area contributed by atoms with Crippen LogP contribution >= 0.6 is 0 Å². The molecule has 3 fully saturated rings. The maximum absolute atomic E-state index is 11.9. The first-order valence-corrected chi connectivity index (χ1v) is 14.0. The van der Waals surface area contributed by atoms with Gasteiger partial charge in [-0.25, -0.2) is 0 Å². The third-order valence-electron chi connectivity index (χ3n) is 7.87. The maximum Gasteiger partial charge on any atom is 0.220 e. The van der Waals surface area contributed by atoms with Gasteiger partial charge in [0.15, 0.2) is 5.78 Å². The summed E-state index contributed by atoms with van der Waals surface area (Å²) in [5, 5.41) is 3.29. The van der Waals surface area contributed by atoms with E-state index in [1.54, 1.807) is 14.0 Å². The fraction of sp³-hybridized carbons (Fsp3) is 0.867. The number of piperidine rings is 1. The number of carbonyl (C=O) groups is 2. The molecule has 4 nitrogen and oxygen atoms in total. The first-order valence-electron chi connectivity index (χ1n) is 14.0. The molecule has 0 aromatic carbocycles. The number of hydrogen-bond acceptors (Lipinski definition) is 3. The number of ether oxygens (including phenoxy) is 1. The molecule has 2 aliphatic carbocycles. The molecule has 200 valence electrons. The number of rotatable bonds is 3. The van der Waals surface area contributed by atoms with Crippen molar-refractivity contribution in [1.82, 2.24) is 5.32 Å².